The number of nitrogens with one attached hydrogen (secondary N) is 1. The Bertz CT molecular complexity index is 362. The molecule has 2 aliphatic rings. The first kappa shape index (κ1) is 15.2. The maximum Gasteiger partial charge on any atom is 0.214 e. The van der Waals surface area contributed by atoms with Gasteiger partial charge in [-0.15, -0.1) is 0 Å². The van der Waals surface area contributed by atoms with Crippen LogP contribution >= 0.6 is 0 Å². The van der Waals surface area contributed by atoms with Gasteiger partial charge >= 0.3 is 0 Å². The molecule has 0 bridgehead atoms. The maximum absolute atomic E-state index is 12.4. The molecule has 0 aromatic carbocycles. The second-order valence-corrected chi connectivity index (χ2v) is 7.80. The lowest BCUT2D eigenvalue weighted by Gasteiger charge is -2.25. The second-order valence-electron chi connectivity index (χ2n) is 5.72. The zero-order valence-corrected chi connectivity index (χ0v) is 12.6. The van der Waals surface area contributed by atoms with E-state index in [1.807, 2.05) is 0 Å². The van der Waals surface area contributed by atoms with Gasteiger partial charge in [-0.1, -0.05) is 0 Å². The van der Waals surface area contributed by atoms with Gasteiger partial charge in [0.25, 0.3) is 0 Å². The SMILES string of the molecule is COCCCS(=O)(=O)N(CC1CC1)CC1CCCN1. The van der Waals surface area contributed by atoms with Gasteiger partial charge in [-0.2, -0.15) is 0 Å². The quantitative estimate of drug-likeness (QED) is 0.639. The molecule has 2 rings (SSSR count). The van der Waals surface area contributed by atoms with Crippen LogP contribution in [0.2, 0.25) is 0 Å². The molecule has 0 aromatic heterocycles. The van der Waals surface area contributed by atoms with Crippen molar-refractivity contribution in [1.29, 1.82) is 0 Å². The molecule has 2 fully saturated rings. The average molecular weight is 290 g/mol. The Labute approximate surface area is 116 Å². The van der Waals surface area contributed by atoms with E-state index in [0.29, 0.717) is 38.1 Å². The van der Waals surface area contributed by atoms with Gasteiger partial charge in [0.2, 0.25) is 10.0 Å². The smallest absolute Gasteiger partial charge is 0.214 e. The Morgan fingerprint density at radius 2 is 2.05 bits per heavy atom. The fourth-order valence-electron chi connectivity index (χ4n) is 2.56. The van der Waals surface area contributed by atoms with Crippen molar-refractivity contribution in [2.24, 2.45) is 5.92 Å². The van der Waals surface area contributed by atoms with Crippen LogP contribution < -0.4 is 5.32 Å². The molecule has 1 heterocycles. The van der Waals surface area contributed by atoms with E-state index >= 15 is 0 Å². The first-order valence-electron chi connectivity index (χ1n) is 7.32. The molecule has 5 nitrogen and oxygen atoms in total. The molecule has 1 atom stereocenters. The largest absolute Gasteiger partial charge is 0.385 e. The van der Waals surface area contributed by atoms with Gasteiger partial charge in [-0.05, 0) is 44.6 Å². The lowest BCUT2D eigenvalue weighted by molar-refractivity contribution is 0.199. The van der Waals surface area contributed by atoms with Crippen molar-refractivity contribution in [1.82, 2.24) is 9.62 Å². The van der Waals surface area contributed by atoms with Crippen molar-refractivity contribution in [3.05, 3.63) is 0 Å². The number of methoxy groups -OCH3 is 1. The van der Waals surface area contributed by atoms with Crippen LogP contribution in [0, 0.1) is 5.92 Å². The second kappa shape index (κ2) is 7.02. The van der Waals surface area contributed by atoms with Crippen molar-refractivity contribution >= 4 is 10.0 Å². The number of hydrogen-bond acceptors (Lipinski definition) is 4. The van der Waals surface area contributed by atoms with Crippen LogP contribution in [0.1, 0.15) is 32.1 Å². The number of sulfonamides is 1. The normalized spacial score (nSPS) is 24.2. The molecule has 0 amide bonds. The van der Waals surface area contributed by atoms with Gasteiger partial charge in [-0.25, -0.2) is 12.7 Å². The predicted octanol–water partition coefficient (Wildman–Crippen LogP) is 0.817. The first-order chi connectivity index (χ1) is 9.12. The number of ether oxygens (including phenoxy) is 1. The van der Waals surface area contributed by atoms with Gasteiger partial charge in [0.15, 0.2) is 0 Å². The van der Waals surface area contributed by atoms with Crippen LogP contribution in [0.3, 0.4) is 0 Å². The van der Waals surface area contributed by atoms with E-state index in [1.165, 1.54) is 12.8 Å². The lowest BCUT2D eigenvalue weighted by Crippen LogP contribution is -2.43. The predicted molar refractivity (Wildman–Crippen MR) is 75.6 cm³/mol. The number of hydrogen-bond donors (Lipinski definition) is 1. The first-order valence-corrected chi connectivity index (χ1v) is 8.93. The third kappa shape index (κ3) is 5.02. The summed E-state index contributed by atoms with van der Waals surface area (Å²) in [5.41, 5.74) is 0. The summed E-state index contributed by atoms with van der Waals surface area (Å²) in [5, 5.41) is 3.39. The summed E-state index contributed by atoms with van der Waals surface area (Å²) in [4.78, 5) is 0. The molecule has 0 radical (unpaired) electrons. The lowest BCUT2D eigenvalue weighted by atomic mass is 10.2. The molecule has 1 aliphatic heterocycles. The highest BCUT2D eigenvalue weighted by Crippen LogP contribution is 2.31. The topological polar surface area (TPSA) is 58.6 Å². The minimum Gasteiger partial charge on any atom is -0.385 e. The number of nitrogens with zero attached hydrogens (tertiary/aromatic N) is 1. The van der Waals surface area contributed by atoms with E-state index in [4.69, 9.17) is 4.74 Å². The van der Waals surface area contributed by atoms with Crippen LogP contribution in [0.25, 0.3) is 0 Å². The van der Waals surface area contributed by atoms with Gasteiger partial charge in [0, 0.05) is 32.8 Å². The molecule has 0 spiro atoms. The minimum atomic E-state index is -3.12. The maximum atomic E-state index is 12.4. The Morgan fingerprint density at radius 1 is 1.26 bits per heavy atom. The molecule has 6 heteroatoms. The van der Waals surface area contributed by atoms with E-state index in [1.54, 1.807) is 11.4 Å². The fraction of sp³-hybridized carbons (Fsp3) is 1.00. The van der Waals surface area contributed by atoms with Gasteiger partial charge in [0.1, 0.15) is 0 Å². The van der Waals surface area contributed by atoms with Crippen LogP contribution in [-0.4, -0.2) is 57.9 Å². The molecular formula is C13H26N2O3S. The Morgan fingerprint density at radius 3 is 2.63 bits per heavy atom. The van der Waals surface area contributed by atoms with Crippen LogP contribution in [0.5, 0.6) is 0 Å². The van der Waals surface area contributed by atoms with Crippen molar-refractivity contribution in [2.75, 3.05) is 39.1 Å². The van der Waals surface area contributed by atoms with Crippen molar-refractivity contribution in [3.8, 4) is 0 Å². The third-order valence-corrected chi connectivity index (χ3v) is 5.78. The highest BCUT2D eigenvalue weighted by atomic mass is 32.2. The minimum absolute atomic E-state index is 0.209. The summed E-state index contributed by atoms with van der Waals surface area (Å²) in [6.45, 7) is 2.89. The molecule has 0 aromatic rings. The summed E-state index contributed by atoms with van der Waals surface area (Å²) >= 11 is 0. The zero-order chi connectivity index (χ0) is 13.7. The molecule has 1 aliphatic carbocycles. The monoisotopic (exact) mass is 290 g/mol. The van der Waals surface area contributed by atoms with E-state index < -0.39 is 10.0 Å². The molecule has 19 heavy (non-hydrogen) atoms. The van der Waals surface area contributed by atoms with Crippen molar-refractivity contribution in [3.63, 3.8) is 0 Å². The molecule has 1 unspecified atom stereocenters. The van der Waals surface area contributed by atoms with Gasteiger partial charge in [-0.3, -0.25) is 0 Å². The van der Waals surface area contributed by atoms with Crippen LogP contribution in [0.4, 0.5) is 0 Å². The molecule has 112 valence electrons. The Hall–Kier alpha value is -0.170. The summed E-state index contributed by atoms with van der Waals surface area (Å²) in [6.07, 6.45) is 5.20. The van der Waals surface area contributed by atoms with Crippen LogP contribution in [-0.2, 0) is 14.8 Å². The van der Waals surface area contributed by atoms with Gasteiger partial charge < -0.3 is 10.1 Å². The summed E-state index contributed by atoms with van der Waals surface area (Å²) in [7, 11) is -1.52. The molecule has 1 saturated heterocycles. The molecule has 1 saturated carbocycles. The van der Waals surface area contributed by atoms with E-state index in [9.17, 15) is 8.42 Å². The van der Waals surface area contributed by atoms with Crippen LogP contribution in [0.15, 0.2) is 0 Å². The summed E-state index contributed by atoms with van der Waals surface area (Å²) < 4.78 is 31.5. The molecule has 1 N–H and O–H groups in total. The highest BCUT2D eigenvalue weighted by Gasteiger charge is 2.32. The Balaban J connectivity index is 1.89. The standard InChI is InChI=1S/C13H26N2O3S/c1-18-8-3-9-19(16,17)15(10-12-5-6-12)11-13-4-2-7-14-13/h12-14H,2-11H2,1H3. The number of rotatable bonds is 9. The highest BCUT2D eigenvalue weighted by molar-refractivity contribution is 7.89. The fourth-order valence-corrected chi connectivity index (χ4v) is 4.15. The average Bonchev–Trinajstić information content (AvgIpc) is 3.03. The zero-order valence-electron chi connectivity index (χ0n) is 11.8. The van der Waals surface area contributed by atoms with E-state index in [0.717, 1.165) is 19.4 Å². The van der Waals surface area contributed by atoms with Gasteiger partial charge in [0.05, 0.1) is 5.75 Å². The third-order valence-electron chi connectivity index (χ3n) is 3.89. The summed E-state index contributed by atoms with van der Waals surface area (Å²) in [6, 6.07) is 0.343. The van der Waals surface area contributed by atoms with E-state index in [-0.39, 0.29) is 5.75 Å². The van der Waals surface area contributed by atoms with E-state index in [2.05, 4.69) is 5.32 Å². The summed E-state index contributed by atoms with van der Waals surface area (Å²) in [5.74, 6) is 0.805. The molecular weight excluding hydrogens is 264 g/mol. The van der Waals surface area contributed by atoms with Crippen molar-refractivity contribution in [2.45, 2.75) is 38.1 Å². The Kier molecular flexibility index (Phi) is 5.62. The van der Waals surface area contributed by atoms with Crippen molar-refractivity contribution < 1.29 is 13.2 Å².